The largest absolute Gasteiger partial charge is 0.350 e. The third-order valence-electron chi connectivity index (χ3n) is 3.95. The van der Waals surface area contributed by atoms with E-state index >= 15 is 0 Å². The Morgan fingerprint density at radius 3 is 2.68 bits per heavy atom. The maximum Gasteiger partial charge on any atom is 0.268 e. The van der Waals surface area contributed by atoms with Crippen molar-refractivity contribution in [3.8, 4) is 22.5 Å². The van der Waals surface area contributed by atoms with Gasteiger partial charge in [0.15, 0.2) is 0 Å². The van der Waals surface area contributed by atoms with Crippen LogP contribution in [0.15, 0.2) is 54.7 Å². The Balaban J connectivity index is 1.76. The lowest BCUT2D eigenvalue weighted by Crippen LogP contribution is -2.31. The fourth-order valence-electron chi connectivity index (χ4n) is 2.82. The molecule has 1 aromatic carbocycles. The van der Waals surface area contributed by atoms with Gasteiger partial charge in [0.25, 0.3) is 5.91 Å². The molecular formula is C18H15N3O. The second kappa shape index (κ2) is 5.15. The van der Waals surface area contributed by atoms with Gasteiger partial charge in [0, 0.05) is 29.6 Å². The van der Waals surface area contributed by atoms with Crippen LogP contribution in [0.1, 0.15) is 16.1 Å². The second-order valence-electron chi connectivity index (χ2n) is 5.38. The fourth-order valence-corrected chi connectivity index (χ4v) is 2.82. The molecule has 22 heavy (non-hydrogen) atoms. The average molecular weight is 289 g/mol. The minimum Gasteiger partial charge on any atom is -0.350 e. The lowest BCUT2D eigenvalue weighted by atomic mass is 10.1. The van der Waals surface area contributed by atoms with Gasteiger partial charge < -0.3 is 10.3 Å². The number of nitrogens with zero attached hydrogens (tertiary/aromatic N) is 1. The molecule has 0 radical (unpaired) electrons. The lowest BCUT2D eigenvalue weighted by molar-refractivity contribution is 0.0941. The highest BCUT2D eigenvalue weighted by Crippen LogP contribution is 2.26. The molecule has 0 atom stereocenters. The van der Waals surface area contributed by atoms with E-state index in [4.69, 9.17) is 0 Å². The zero-order valence-electron chi connectivity index (χ0n) is 12.0. The van der Waals surface area contributed by atoms with Crippen LogP contribution in [0.25, 0.3) is 22.5 Å². The standard InChI is InChI=1S/C18H15N3O/c22-18-17-14(7-9-20-18)11-16(21-17)13-6-8-19-15(10-13)12-4-2-1-3-5-12/h1-6,8,10-11,21H,7,9H2,(H,20,22). The molecule has 0 saturated carbocycles. The Labute approximate surface area is 128 Å². The molecule has 0 unspecified atom stereocenters. The van der Waals surface area contributed by atoms with Crippen molar-refractivity contribution >= 4 is 5.91 Å². The van der Waals surface area contributed by atoms with Crippen molar-refractivity contribution in [2.75, 3.05) is 6.54 Å². The molecule has 3 heterocycles. The molecule has 1 amide bonds. The predicted molar refractivity (Wildman–Crippen MR) is 85.5 cm³/mol. The Bertz CT molecular complexity index is 837. The van der Waals surface area contributed by atoms with Crippen LogP contribution in [0, 0.1) is 0 Å². The number of nitrogens with one attached hydrogen (secondary N) is 2. The minimum absolute atomic E-state index is 0.0233. The molecule has 4 heteroatoms. The molecular weight excluding hydrogens is 274 g/mol. The highest BCUT2D eigenvalue weighted by Gasteiger charge is 2.20. The van der Waals surface area contributed by atoms with Crippen LogP contribution in [-0.2, 0) is 6.42 Å². The number of carbonyl (C=O) groups is 1. The van der Waals surface area contributed by atoms with E-state index < -0.39 is 0 Å². The number of benzene rings is 1. The predicted octanol–water partition coefficient (Wildman–Crippen LogP) is 3.03. The van der Waals surface area contributed by atoms with E-state index in [2.05, 4.69) is 21.4 Å². The van der Waals surface area contributed by atoms with Crippen molar-refractivity contribution in [2.45, 2.75) is 6.42 Å². The molecule has 3 aromatic rings. The Morgan fingerprint density at radius 2 is 1.86 bits per heavy atom. The van der Waals surface area contributed by atoms with Gasteiger partial charge in [-0.15, -0.1) is 0 Å². The lowest BCUT2D eigenvalue weighted by Gasteiger charge is -2.10. The zero-order chi connectivity index (χ0) is 14.9. The maximum atomic E-state index is 11.9. The summed E-state index contributed by atoms with van der Waals surface area (Å²) in [5, 5.41) is 2.86. The maximum absolute atomic E-state index is 11.9. The molecule has 0 bridgehead atoms. The minimum atomic E-state index is -0.0233. The number of hydrogen-bond acceptors (Lipinski definition) is 2. The van der Waals surface area contributed by atoms with Crippen LogP contribution >= 0.6 is 0 Å². The number of amides is 1. The summed E-state index contributed by atoms with van der Waals surface area (Å²) in [6.07, 6.45) is 2.67. The SMILES string of the molecule is O=C1NCCc2cc(-c3ccnc(-c4ccccc4)c3)[nH]c21. The first-order valence-electron chi connectivity index (χ1n) is 7.33. The molecule has 4 nitrogen and oxygen atoms in total. The molecule has 2 N–H and O–H groups in total. The van der Waals surface area contributed by atoms with Crippen molar-refractivity contribution < 1.29 is 4.79 Å². The number of fused-ring (bicyclic) bond motifs is 1. The van der Waals surface area contributed by atoms with Gasteiger partial charge in [-0.25, -0.2) is 0 Å². The van der Waals surface area contributed by atoms with E-state index in [1.807, 2.05) is 42.5 Å². The number of carbonyl (C=O) groups excluding carboxylic acids is 1. The topological polar surface area (TPSA) is 57.8 Å². The number of H-pyrrole nitrogens is 1. The average Bonchev–Trinajstić information content (AvgIpc) is 3.02. The normalized spacial score (nSPS) is 13.5. The first-order chi connectivity index (χ1) is 10.8. The number of hydrogen-bond donors (Lipinski definition) is 2. The van der Waals surface area contributed by atoms with Crippen LogP contribution in [0.5, 0.6) is 0 Å². The summed E-state index contributed by atoms with van der Waals surface area (Å²) in [7, 11) is 0. The zero-order valence-corrected chi connectivity index (χ0v) is 12.0. The molecule has 0 saturated heterocycles. The third-order valence-corrected chi connectivity index (χ3v) is 3.95. The van der Waals surface area contributed by atoms with Gasteiger partial charge in [0.05, 0.1) is 5.69 Å². The van der Waals surface area contributed by atoms with Gasteiger partial charge >= 0.3 is 0 Å². The molecule has 0 spiro atoms. The third kappa shape index (κ3) is 2.19. The summed E-state index contributed by atoms with van der Waals surface area (Å²) < 4.78 is 0. The highest BCUT2D eigenvalue weighted by molar-refractivity contribution is 5.96. The van der Waals surface area contributed by atoms with Crippen LogP contribution in [0.4, 0.5) is 0 Å². The summed E-state index contributed by atoms with van der Waals surface area (Å²) in [5.41, 5.74) is 5.77. The summed E-state index contributed by atoms with van der Waals surface area (Å²) >= 11 is 0. The van der Waals surface area contributed by atoms with Crippen LogP contribution in [0.2, 0.25) is 0 Å². The van der Waals surface area contributed by atoms with E-state index in [0.717, 1.165) is 34.5 Å². The van der Waals surface area contributed by atoms with Gasteiger partial charge in [0.1, 0.15) is 5.69 Å². The number of rotatable bonds is 2. The van der Waals surface area contributed by atoms with Gasteiger partial charge in [-0.1, -0.05) is 30.3 Å². The summed E-state index contributed by atoms with van der Waals surface area (Å²) in [4.78, 5) is 19.5. The molecule has 1 aliphatic rings. The molecule has 4 rings (SSSR count). The number of aromatic nitrogens is 2. The molecule has 0 aliphatic carbocycles. The van der Waals surface area contributed by atoms with Crippen molar-refractivity contribution in [1.82, 2.24) is 15.3 Å². The first kappa shape index (κ1) is 12.8. The van der Waals surface area contributed by atoms with Gasteiger partial charge in [0.2, 0.25) is 0 Å². The Hall–Kier alpha value is -2.88. The fraction of sp³-hybridized carbons (Fsp3) is 0.111. The van der Waals surface area contributed by atoms with Gasteiger partial charge in [-0.3, -0.25) is 9.78 Å². The Kier molecular flexibility index (Phi) is 3.00. The monoisotopic (exact) mass is 289 g/mol. The molecule has 0 fully saturated rings. The number of pyridine rings is 1. The van der Waals surface area contributed by atoms with Crippen molar-refractivity contribution in [1.29, 1.82) is 0 Å². The van der Waals surface area contributed by atoms with Crippen molar-refractivity contribution in [3.05, 3.63) is 66.0 Å². The molecule has 2 aromatic heterocycles. The van der Waals surface area contributed by atoms with Crippen LogP contribution in [0.3, 0.4) is 0 Å². The van der Waals surface area contributed by atoms with Crippen molar-refractivity contribution in [2.24, 2.45) is 0 Å². The molecule has 108 valence electrons. The smallest absolute Gasteiger partial charge is 0.268 e. The summed E-state index contributed by atoms with van der Waals surface area (Å²) in [6, 6.07) is 16.1. The first-order valence-corrected chi connectivity index (χ1v) is 7.33. The van der Waals surface area contributed by atoms with E-state index in [1.54, 1.807) is 6.20 Å². The quantitative estimate of drug-likeness (QED) is 0.762. The summed E-state index contributed by atoms with van der Waals surface area (Å²) in [6.45, 7) is 0.703. The van der Waals surface area contributed by atoms with E-state index in [1.165, 1.54) is 0 Å². The summed E-state index contributed by atoms with van der Waals surface area (Å²) in [5.74, 6) is -0.0233. The van der Waals surface area contributed by atoms with E-state index in [0.29, 0.717) is 12.2 Å². The van der Waals surface area contributed by atoms with E-state index in [9.17, 15) is 4.79 Å². The van der Waals surface area contributed by atoms with Crippen molar-refractivity contribution in [3.63, 3.8) is 0 Å². The highest BCUT2D eigenvalue weighted by atomic mass is 16.1. The van der Waals surface area contributed by atoms with Gasteiger partial charge in [-0.2, -0.15) is 0 Å². The Morgan fingerprint density at radius 1 is 1.00 bits per heavy atom. The molecule has 1 aliphatic heterocycles. The van der Waals surface area contributed by atoms with E-state index in [-0.39, 0.29) is 5.91 Å². The second-order valence-corrected chi connectivity index (χ2v) is 5.38. The van der Waals surface area contributed by atoms with Gasteiger partial charge in [-0.05, 0) is 30.2 Å². The van der Waals surface area contributed by atoms with Crippen LogP contribution < -0.4 is 5.32 Å². The number of aromatic amines is 1. The van der Waals surface area contributed by atoms with Crippen LogP contribution in [-0.4, -0.2) is 22.4 Å².